The van der Waals surface area contributed by atoms with E-state index in [4.69, 9.17) is 15.7 Å². The van der Waals surface area contributed by atoms with E-state index in [1.54, 1.807) is 7.11 Å². The van der Waals surface area contributed by atoms with Gasteiger partial charge >= 0.3 is 0 Å². The number of hydrogen-bond acceptors (Lipinski definition) is 4. The molecule has 1 aliphatic rings. The first-order chi connectivity index (χ1) is 9.63. The van der Waals surface area contributed by atoms with Crippen LogP contribution in [0.15, 0.2) is 27.8 Å². The quantitative estimate of drug-likeness (QED) is 0.346. The highest BCUT2D eigenvalue weighted by molar-refractivity contribution is 9.10. The summed E-state index contributed by atoms with van der Waals surface area (Å²) in [5.41, 5.74) is 6.70. The van der Waals surface area contributed by atoms with Crippen molar-refractivity contribution in [3.63, 3.8) is 0 Å². The summed E-state index contributed by atoms with van der Waals surface area (Å²) in [6.07, 6.45) is 3.00. The highest BCUT2D eigenvalue weighted by Gasteiger charge is 2.29. The number of amidine groups is 1. The maximum atomic E-state index is 8.63. The Morgan fingerprint density at radius 1 is 1.55 bits per heavy atom. The highest BCUT2D eigenvalue weighted by Crippen LogP contribution is 2.31. The Morgan fingerprint density at radius 3 is 2.90 bits per heavy atom. The minimum atomic E-state index is 0.275. The molecule has 0 saturated heterocycles. The van der Waals surface area contributed by atoms with Gasteiger partial charge in [0.1, 0.15) is 11.6 Å². The molecule has 0 amide bonds. The monoisotopic (exact) mass is 341 g/mol. The fourth-order valence-electron chi connectivity index (χ4n) is 2.23. The van der Waals surface area contributed by atoms with Gasteiger partial charge in [0.25, 0.3) is 0 Å². The lowest BCUT2D eigenvalue weighted by Gasteiger charge is -2.23. The maximum Gasteiger partial charge on any atom is 0.140 e. The SMILES string of the molecule is COc1ccc(Br)cc1CN(CCC(N)=NO)C1CC1. The first-order valence-electron chi connectivity index (χ1n) is 6.67. The Balaban J connectivity index is 2.06. The zero-order valence-electron chi connectivity index (χ0n) is 11.6. The summed E-state index contributed by atoms with van der Waals surface area (Å²) < 4.78 is 6.45. The van der Waals surface area contributed by atoms with Gasteiger partial charge in [-0.1, -0.05) is 21.1 Å². The van der Waals surface area contributed by atoms with Gasteiger partial charge in [-0.3, -0.25) is 4.90 Å². The van der Waals surface area contributed by atoms with Gasteiger partial charge in [-0.2, -0.15) is 0 Å². The lowest BCUT2D eigenvalue weighted by atomic mass is 10.1. The molecule has 0 unspecified atom stereocenters. The van der Waals surface area contributed by atoms with E-state index < -0.39 is 0 Å². The largest absolute Gasteiger partial charge is 0.496 e. The number of rotatable bonds is 7. The number of nitrogens with zero attached hydrogens (tertiary/aromatic N) is 2. The number of oxime groups is 1. The summed E-state index contributed by atoms with van der Waals surface area (Å²) in [5.74, 6) is 1.17. The lowest BCUT2D eigenvalue weighted by molar-refractivity contribution is 0.255. The van der Waals surface area contributed by atoms with Gasteiger partial charge in [0, 0.05) is 35.6 Å². The summed E-state index contributed by atoms with van der Waals surface area (Å²) in [4.78, 5) is 2.36. The molecule has 1 saturated carbocycles. The van der Waals surface area contributed by atoms with Crippen molar-refractivity contribution in [2.45, 2.75) is 31.8 Å². The van der Waals surface area contributed by atoms with Gasteiger partial charge in [0.05, 0.1) is 7.11 Å². The average molecular weight is 342 g/mol. The van der Waals surface area contributed by atoms with Gasteiger partial charge < -0.3 is 15.7 Å². The average Bonchev–Trinajstić information content (AvgIpc) is 3.27. The van der Waals surface area contributed by atoms with Crippen LogP contribution in [-0.2, 0) is 6.54 Å². The van der Waals surface area contributed by atoms with Crippen molar-refractivity contribution >= 4 is 21.8 Å². The standard InChI is InChI=1S/C14H20BrN3O2/c1-20-13-5-2-11(15)8-10(13)9-18(12-3-4-12)7-6-14(16)17-19/h2,5,8,12,19H,3-4,6-7,9H2,1H3,(H2,16,17). The normalized spacial score (nSPS) is 15.7. The third-order valence-electron chi connectivity index (χ3n) is 3.46. The van der Waals surface area contributed by atoms with Gasteiger partial charge in [-0.25, -0.2) is 0 Å². The third-order valence-corrected chi connectivity index (χ3v) is 3.96. The molecule has 0 spiro atoms. The van der Waals surface area contributed by atoms with E-state index >= 15 is 0 Å². The number of nitrogens with two attached hydrogens (primary N) is 1. The fraction of sp³-hybridized carbons (Fsp3) is 0.500. The molecular weight excluding hydrogens is 322 g/mol. The summed E-state index contributed by atoms with van der Waals surface area (Å²) in [7, 11) is 1.69. The molecule has 20 heavy (non-hydrogen) atoms. The van der Waals surface area contributed by atoms with Crippen molar-refractivity contribution < 1.29 is 9.94 Å². The van der Waals surface area contributed by atoms with E-state index in [-0.39, 0.29) is 5.84 Å². The second-order valence-corrected chi connectivity index (χ2v) is 5.91. The topological polar surface area (TPSA) is 71.1 Å². The molecule has 0 aromatic heterocycles. The van der Waals surface area contributed by atoms with Crippen LogP contribution in [0, 0.1) is 0 Å². The predicted octanol–water partition coefficient (Wildman–Crippen LogP) is 2.56. The van der Waals surface area contributed by atoms with Crippen molar-refractivity contribution in [2.75, 3.05) is 13.7 Å². The van der Waals surface area contributed by atoms with Crippen LogP contribution >= 0.6 is 15.9 Å². The Kier molecular flexibility index (Phi) is 5.25. The molecule has 0 heterocycles. The Morgan fingerprint density at radius 2 is 2.30 bits per heavy atom. The van der Waals surface area contributed by atoms with Gasteiger partial charge in [-0.05, 0) is 31.0 Å². The molecule has 1 fully saturated rings. The molecule has 3 N–H and O–H groups in total. The number of methoxy groups -OCH3 is 1. The predicted molar refractivity (Wildman–Crippen MR) is 82.2 cm³/mol. The second kappa shape index (κ2) is 6.95. The van der Waals surface area contributed by atoms with Crippen molar-refractivity contribution in [3.05, 3.63) is 28.2 Å². The smallest absolute Gasteiger partial charge is 0.140 e. The second-order valence-electron chi connectivity index (χ2n) is 5.00. The van der Waals surface area contributed by atoms with Gasteiger partial charge in [0.15, 0.2) is 0 Å². The Hall–Kier alpha value is -1.27. The van der Waals surface area contributed by atoms with Crippen LogP contribution < -0.4 is 10.5 Å². The van der Waals surface area contributed by atoms with Crippen LogP contribution in [0.5, 0.6) is 5.75 Å². The molecule has 1 aromatic rings. The van der Waals surface area contributed by atoms with E-state index in [9.17, 15) is 0 Å². The van der Waals surface area contributed by atoms with Crippen molar-refractivity contribution in [2.24, 2.45) is 10.9 Å². The molecule has 0 aliphatic heterocycles. The van der Waals surface area contributed by atoms with E-state index in [1.165, 1.54) is 12.8 Å². The van der Waals surface area contributed by atoms with Gasteiger partial charge in [0.2, 0.25) is 0 Å². The van der Waals surface area contributed by atoms with E-state index in [0.29, 0.717) is 12.5 Å². The zero-order chi connectivity index (χ0) is 14.5. The molecule has 5 nitrogen and oxygen atoms in total. The number of halogens is 1. The van der Waals surface area contributed by atoms with Crippen LogP contribution in [0.4, 0.5) is 0 Å². The van der Waals surface area contributed by atoms with E-state index in [0.717, 1.165) is 28.9 Å². The first-order valence-corrected chi connectivity index (χ1v) is 7.46. The summed E-state index contributed by atoms with van der Waals surface area (Å²) in [6, 6.07) is 6.62. The van der Waals surface area contributed by atoms with E-state index in [2.05, 4.69) is 32.1 Å². The maximum absolute atomic E-state index is 8.63. The van der Waals surface area contributed by atoms with Crippen LogP contribution in [0.2, 0.25) is 0 Å². The lowest BCUT2D eigenvalue weighted by Crippen LogP contribution is -2.30. The molecular formula is C14H20BrN3O2. The molecule has 0 atom stereocenters. The van der Waals surface area contributed by atoms with Crippen molar-refractivity contribution in [3.8, 4) is 5.75 Å². The third kappa shape index (κ3) is 4.11. The molecule has 6 heteroatoms. The molecule has 0 radical (unpaired) electrons. The Bertz CT molecular complexity index is 489. The van der Waals surface area contributed by atoms with Crippen LogP contribution in [0.1, 0.15) is 24.8 Å². The summed E-state index contributed by atoms with van der Waals surface area (Å²) in [6.45, 7) is 1.60. The fourth-order valence-corrected chi connectivity index (χ4v) is 2.64. The molecule has 110 valence electrons. The number of hydrogen-bond donors (Lipinski definition) is 2. The van der Waals surface area contributed by atoms with Crippen LogP contribution in [0.25, 0.3) is 0 Å². The molecule has 2 rings (SSSR count). The Labute approximate surface area is 127 Å². The minimum Gasteiger partial charge on any atom is -0.496 e. The summed E-state index contributed by atoms with van der Waals surface area (Å²) >= 11 is 3.50. The zero-order valence-corrected chi connectivity index (χ0v) is 13.1. The highest BCUT2D eigenvalue weighted by atomic mass is 79.9. The minimum absolute atomic E-state index is 0.275. The van der Waals surface area contributed by atoms with Gasteiger partial charge in [-0.15, -0.1) is 0 Å². The number of benzene rings is 1. The summed E-state index contributed by atoms with van der Waals surface area (Å²) in [5, 5.41) is 11.7. The molecule has 0 bridgehead atoms. The first kappa shape index (κ1) is 15.1. The van der Waals surface area contributed by atoms with Crippen molar-refractivity contribution in [1.29, 1.82) is 0 Å². The van der Waals surface area contributed by atoms with Crippen molar-refractivity contribution in [1.82, 2.24) is 4.90 Å². The molecule has 1 aromatic carbocycles. The molecule has 1 aliphatic carbocycles. The van der Waals surface area contributed by atoms with Crippen LogP contribution in [-0.4, -0.2) is 35.6 Å². The number of ether oxygens (including phenoxy) is 1. The van der Waals surface area contributed by atoms with E-state index in [1.807, 2.05) is 12.1 Å². The van der Waals surface area contributed by atoms with Crippen LogP contribution in [0.3, 0.4) is 0 Å².